The third kappa shape index (κ3) is 3.92. The first-order valence-electron chi connectivity index (χ1n) is 10.9. The third-order valence-electron chi connectivity index (χ3n) is 6.22. The van der Waals surface area contributed by atoms with Gasteiger partial charge in [-0.3, -0.25) is 4.79 Å². The number of amides is 1. The summed E-state index contributed by atoms with van der Waals surface area (Å²) in [4.78, 5) is 20.1. The molecule has 1 amide bonds. The average Bonchev–Trinajstić information content (AvgIpc) is 3.46. The van der Waals surface area contributed by atoms with Crippen LogP contribution in [-0.4, -0.2) is 57.3 Å². The van der Waals surface area contributed by atoms with Crippen LogP contribution >= 0.6 is 11.3 Å². The molecule has 180 valence electrons. The number of thiophene rings is 1. The molecular formula is C23H24F3N5O2S. The SMILES string of the molecule is COc1cc(C(=O)N2CCC[C@@H](N)C2)cc2nc(-c3cc4ccsc4n3CC(F)(F)F)n(C)c12. The van der Waals surface area contributed by atoms with Crippen molar-refractivity contribution in [2.45, 2.75) is 31.6 Å². The summed E-state index contributed by atoms with van der Waals surface area (Å²) >= 11 is 1.25. The molecule has 4 heterocycles. The van der Waals surface area contributed by atoms with Crippen molar-refractivity contribution in [3.63, 3.8) is 0 Å². The summed E-state index contributed by atoms with van der Waals surface area (Å²) in [6.07, 6.45) is -2.67. The quantitative estimate of drug-likeness (QED) is 0.459. The fourth-order valence-corrected chi connectivity index (χ4v) is 5.59. The molecule has 11 heteroatoms. The fourth-order valence-electron chi connectivity index (χ4n) is 4.69. The maximum Gasteiger partial charge on any atom is 0.406 e. The van der Waals surface area contributed by atoms with Crippen molar-refractivity contribution in [1.82, 2.24) is 19.0 Å². The van der Waals surface area contributed by atoms with E-state index >= 15 is 0 Å². The van der Waals surface area contributed by atoms with Crippen LogP contribution in [0.4, 0.5) is 13.2 Å². The normalized spacial score (nSPS) is 17.1. The van der Waals surface area contributed by atoms with Crippen LogP contribution in [0, 0.1) is 0 Å². The van der Waals surface area contributed by atoms with E-state index in [0.717, 1.165) is 18.2 Å². The van der Waals surface area contributed by atoms with E-state index in [-0.39, 0.29) is 11.9 Å². The lowest BCUT2D eigenvalue weighted by atomic mass is 10.0. The number of rotatable bonds is 4. The van der Waals surface area contributed by atoms with Gasteiger partial charge in [-0.2, -0.15) is 13.2 Å². The molecule has 0 aliphatic carbocycles. The van der Waals surface area contributed by atoms with Crippen molar-refractivity contribution in [3.05, 3.63) is 35.2 Å². The van der Waals surface area contributed by atoms with Crippen molar-refractivity contribution in [3.8, 4) is 17.3 Å². The number of hydrogen-bond acceptors (Lipinski definition) is 5. The van der Waals surface area contributed by atoms with Gasteiger partial charge in [0.1, 0.15) is 22.6 Å². The van der Waals surface area contributed by atoms with E-state index in [1.165, 1.54) is 23.0 Å². The van der Waals surface area contributed by atoms with Gasteiger partial charge >= 0.3 is 6.18 Å². The zero-order valence-corrected chi connectivity index (χ0v) is 19.5. The van der Waals surface area contributed by atoms with Gasteiger partial charge in [0.15, 0.2) is 5.82 Å². The van der Waals surface area contributed by atoms with Gasteiger partial charge < -0.3 is 24.5 Å². The van der Waals surface area contributed by atoms with Gasteiger partial charge in [0.25, 0.3) is 5.91 Å². The van der Waals surface area contributed by atoms with Crippen LogP contribution < -0.4 is 10.5 Å². The lowest BCUT2D eigenvalue weighted by Crippen LogP contribution is -2.45. The van der Waals surface area contributed by atoms with Crippen LogP contribution in [-0.2, 0) is 13.6 Å². The van der Waals surface area contributed by atoms with Crippen molar-refractivity contribution in [2.24, 2.45) is 12.8 Å². The summed E-state index contributed by atoms with van der Waals surface area (Å²) < 4.78 is 48.7. The highest BCUT2D eigenvalue weighted by molar-refractivity contribution is 7.16. The Bertz CT molecular complexity index is 1390. The molecule has 7 nitrogen and oxygen atoms in total. The molecule has 1 fully saturated rings. The van der Waals surface area contributed by atoms with E-state index in [1.54, 1.807) is 46.2 Å². The molecule has 3 aromatic heterocycles. The smallest absolute Gasteiger partial charge is 0.406 e. The zero-order chi connectivity index (χ0) is 24.2. The molecule has 1 saturated heterocycles. The molecule has 5 rings (SSSR count). The number of benzene rings is 1. The van der Waals surface area contributed by atoms with E-state index < -0.39 is 12.7 Å². The van der Waals surface area contributed by atoms with Crippen molar-refractivity contribution < 1.29 is 22.7 Å². The topological polar surface area (TPSA) is 78.3 Å². The van der Waals surface area contributed by atoms with Crippen molar-refractivity contribution in [1.29, 1.82) is 0 Å². The minimum absolute atomic E-state index is 0.0555. The Morgan fingerprint density at radius 2 is 2.12 bits per heavy atom. The number of aryl methyl sites for hydroxylation is 1. The largest absolute Gasteiger partial charge is 0.494 e. The first-order valence-corrected chi connectivity index (χ1v) is 11.8. The number of piperidine rings is 1. The Morgan fingerprint density at radius 1 is 1.32 bits per heavy atom. The first kappa shape index (κ1) is 22.7. The van der Waals surface area contributed by atoms with E-state index in [0.29, 0.717) is 51.8 Å². The summed E-state index contributed by atoms with van der Waals surface area (Å²) in [7, 11) is 3.23. The van der Waals surface area contributed by atoms with Gasteiger partial charge in [-0.05, 0) is 42.5 Å². The Labute approximate surface area is 197 Å². The summed E-state index contributed by atoms with van der Waals surface area (Å²) in [5, 5.41) is 2.49. The first-order chi connectivity index (χ1) is 16.2. The number of halogens is 3. The third-order valence-corrected chi connectivity index (χ3v) is 7.17. The van der Waals surface area contributed by atoms with Gasteiger partial charge in [0.05, 0.1) is 18.3 Å². The van der Waals surface area contributed by atoms with E-state index in [2.05, 4.69) is 4.98 Å². The maximum absolute atomic E-state index is 13.4. The lowest BCUT2D eigenvalue weighted by molar-refractivity contribution is -0.139. The Hall–Kier alpha value is -3.05. The van der Waals surface area contributed by atoms with Gasteiger partial charge in [-0.15, -0.1) is 11.3 Å². The Kier molecular flexibility index (Phi) is 5.56. The minimum Gasteiger partial charge on any atom is -0.494 e. The molecule has 4 aromatic rings. The van der Waals surface area contributed by atoms with E-state index in [9.17, 15) is 18.0 Å². The summed E-state index contributed by atoms with van der Waals surface area (Å²) in [5.41, 5.74) is 7.89. The van der Waals surface area contributed by atoms with Gasteiger partial charge in [-0.25, -0.2) is 4.98 Å². The Balaban J connectivity index is 1.63. The predicted molar refractivity (Wildman–Crippen MR) is 125 cm³/mol. The number of hydrogen-bond donors (Lipinski definition) is 1. The highest BCUT2D eigenvalue weighted by atomic mass is 32.1. The van der Waals surface area contributed by atoms with Gasteiger partial charge in [0.2, 0.25) is 0 Å². The molecule has 1 aliphatic rings. The van der Waals surface area contributed by atoms with Crippen LogP contribution in [0.1, 0.15) is 23.2 Å². The van der Waals surface area contributed by atoms with Crippen LogP contribution in [0.2, 0.25) is 0 Å². The Morgan fingerprint density at radius 3 is 2.82 bits per heavy atom. The maximum atomic E-state index is 13.4. The number of alkyl halides is 3. The summed E-state index contributed by atoms with van der Waals surface area (Å²) in [5.74, 6) is 0.633. The van der Waals surface area contributed by atoms with Crippen molar-refractivity contribution >= 4 is 38.5 Å². The van der Waals surface area contributed by atoms with Crippen LogP contribution in [0.25, 0.3) is 32.8 Å². The number of aromatic nitrogens is 3. The number of methoxy groups -OCH3 is 1. The number of imidazole rings is 1. The molecule has 1 aliphatic heterocycles. The molecule has 1 aromatic carbocycles. The molecule has 0 bridgehead atoms. The molecule has 0 spiro atoms. The molecular weight excluding hydrogens is 467 g/mol. The lowest BCUT2D eigenvalue weighted by Gasteiger charge is -2.30. The van der Waals surface area contributed by atoms with Crippen molar-refractivity contribution in [2.75, 3.05) is 20.2 Å². The molecule has 0 saturated carbocycles. The molecule has 0 radical (unpaired) electrons. The molecule has 1 atom stereocenters. The number of nitrogens with zero attached hydrogens (tertiary/aromatic N) is 4. The fraction of sp³-hybridized carbons (Fsp3) is 0.391. The second-order valence-electron chi connectivity index (χ2n) is 8.61. The van der Waals surface area contributed by atoms with Gasteiger partial charge in [-0.1, -0.05) is 0 Å². The molecule has 34 heavy (non-hydrogen) atoms. The number of nitrogens with two attached hydrogens (primary N) is 1. The summed E-state index contributed by atoms with van der Waals surface area (Å²) in [6, 6.07) is 6.78. The molecule has 2 N–H and O–H groups in total. The minimum atomic E-state index is -4.39. The zero-order valence-electron chi connectivity index (χ0n) is 18.7. The number of fused-ring (bicyclic) bond motifs is 2. The van der Waals surface area contributed by atoms with E-state index in [4.69, 9.17) is 10.5 Å². The second kappa shape index (κ2) is 8.31. The van der Waals surface area contributed by atoms with Crippen LogP contribution in [0.15, 0.2) is 29.6 Å². The predicted octanol–water partition coefficient (Wildman–Crippen LogP) is 4.39. The standard InChI is InChI=1S/C23H24F3N5O2S/c1-29-19-16(8-14(10-18(19)33-2)21(32)30-6-3-4-15(27)11-30)28-20(29)17-9-13-5-7-34-22(13)31(17)12-23(24,25)26/h5,7-10,15H,3-4,6,11-12,27H2,1-2H3/t15-/m1/s1. The molecule has 0 unspecified atom stereocenters. The van der Waals surface area contributed by atoms with E-state index in [1.807, 2.05) is 0 Å². The van der Waals surface area contributed by atoms with Crippen LogP contribution in [0.3, 0.4) is 0 Å². The van der Waals surface area contributed by atoms with Gasteiger partial charge in [0, 0.05) is 37.1 Å². The second-order valence-corrected chi connectivity index (χ2v) is 9.50. The summed E-state index contributed by atoms with van der Waals surface area (Å²) in [6.45, 7) is -0.0119. The monoisotopic (exact) mass is 491 g/mol. The number of carbonyl (C=O) groups is 1. The highest BCUT2D eigenvalue weighted by Gasteiger charge is 2.32. The van der Waals surface area contributed by atoms with Crippen LogP contribution in [0.5, 0.6) is 5.75 Å². The number of likely N-dealkylation sites (tertiary alicyclic amines) is 1. The number of ether oxygens (including phenoxy) is 1. The highest BCUT2D eigenvalue weighted by Crippen LogP contribution is 2.37. The average molecular weight is 492 g/mol. The number of carbonyl (C=O) groups excluding carboxylic acids is 1.